The monoisotopic (exact) mass is 499 g/mol. The van der Waals surface area contributed by atoms with Crippen molar-refractivity contribution in [2.24, 2.45) is 5.92 Å². The summed E-state index contributed by atoms with van der Waals surface area (Å²) in [5.74, 6) is 0.487. The molecule has 0 spiro atoms. The lowest BCUT2D eigenvalue weighted by Crippen LogP contribution is -2.37. The predicted octanol–water partition coefficient (Wildman–Crippen LogP) is 4.71. The topological polar surface area (TPSA) is 79.3 Å². The SMILES string of the molecule is Cc1ccc(C(=O)NC2CC2)cc1-n1ccnc(N[C@@H](c2ccccc2)[C@H](C)CN2CCCCC2)c1=O. The van der Waals surface area contributed by atoms with Crippen LogP contribution in [0.1, 0.15) is 66.6 Å². The Hall–Kier alpha value is -3.45. The average Bonchev–Trinajstić information content (AvgIpc) is 3.73. The number of amides is 1. The number of carbonyl (C=O) groups excluding carboxylic acids is 1. The van der Waals surface area contributed by atoms with E-state index in [1.807, 2.05) is 37.3 Å². The zero-order chi connectivity index (χ0) is 25.8. The molecule has 1 saturated carbocycles. The quantitative estimate of drug-likeness (QED) is 0.446. The fraction of sp³-hybridized carbons (Fsp3) is 0.433. The van der Waals surface area contributed by atoms with Crippen LogP contribution in [0.5, 0.6) is 0 Å². The van der Waals surface area contributed by atoms with Gasteiger partial charge in [0.1, 0.15) is 0 Å². The molecule has 2 aliphatic rings. The van der Waals surface area contributed by atoms with Crippen molar-refractivity contribution < 1.29 is 4.79 Å². The molecule has 7 nitrogen and oxygen atoms in total. The van der Waals surface area contributed by atoms with E-state index >= 15 is 0 Å². The van der Waals surface area contributed by atoms with Crippen LogP contribution in [0.3, 0.4) is 0 Å². The van der Waals surface area contributed by atoms with E-state index in [0.717, 1.165) is 43.6 Å². The van der Waals surface area contributed by atoms with Gasteiger partial charge in [-0.3, -0.25) is 14.2 Å². The lowest BCUT2D eigenvalue weighted by atomic mass is 9.93. The molecule has 2 N–H and O–H groups in total. The number of carbonyl (C=O) groups is 1. The Morgan fingerprint density at radius 3 is 2.57 bits per heavy atom. The summed E-state index contributed by atoms with van der Waals surface area (Å²) in [5, 5.41) is 6.53. The summed E-state index contributed by atoms with van der Waals surface area (Å²) in [6.45, 7) is 7.42. The number of likely N-dealkylation sites (tertiary alicyclic amines) is 1. The molecule has 2 heterocycles. The molecular weight excluding hydrogens is 462 g/mol. The first-order chi connectivity index (χ1) is 18.0. The average molecular weight is 500 g/mol. The van der Waals surface area contributed by atoms with Gasteiger partial charge in [0, 0.05) is 30.5 Å². The lowest BCUT2D eigenvalue weighted by Gasteiger charge is -2.33. The largest absolute Gasteiger partial charge is 0.358 e. The second-order valence-corrected chi connectivity index (χ2v) is 10.6. The number of nitrogens with zero attached hydrogens (tertiary/aromatic N) is 3. The second-order valence-electron chi connectivity index (χ2n) is 10.6. The van der Waals surface area contributed by atoms with Gasteiger partial charge < -0.3 is 15.5 Å². The molecule has 1 saturated heterocycles. The molecule has 0 bridgehead atoms. The van der Waals surface area contributed by atoms with Crippen molar-refractivity contribution in [3.05, 3.63) is 88.0 Å². The zero-order valence-corrected chi connectivity index (χ0v) is 21.8. The maximum Gasteiger partial charge on any atom is 0.297 e. The summed E-state index contributed by atoms with van der Waals surface area (Å²) < 4.78 is 1.59. The fourth-order valence-corrected chi connectivity index (χ4v) is 5.22. The van der Waals surface area contributed by atoms with Gasteiger partial charge in [0.25, 0.3) is 11.5 Å². The Balaban J connectivity index is 1.43. The van der Waals surface area contributed by atoms with Crippen LogP contribution < -0.4 is 16.2 Å². The second kappa shape index (κ2) is 11.3. The van der Waals surface area contributed by atoms with Crippen LogP contribution in [0, 0.1) is 12.8 Å². The van der Waals surface area contributed by atoms with Gasteiger partial charge in [-0.15, -0.1) is 0 Å². The van der Waals surface area contributed by atoms with Gasteiger partial charge >= 0.3 is 0 Å². The van der Waals surface area contributed by atoms with E-state index in [1.54, 1.807) is 23.0 Å². The van der Waals surface area contributed by atoms with Gasteiger partial charge in [0.05, 0.1) is 11.7 Å². The molecule has 3 aromatic rings. The number of piperidine rings is 1. The van der Waals surface area contributed by atoms with Gasteiger partial charge in [0.15, 0.2) is 5.82 Å². The highest BCUT2D eigenvalue weighted by Crippen LogP contribution is 2.27. The summed E-state index contributed by atoms with van der Waals surface area (Å²) in [4.78, 5) is 33.3. The summed E-state index contributed by atoms with van der Waals surface area (Å²) in [6, 6.07) is 16.0. The number of nitrogens with one attached hydrogen (secondary N) is 2. The normalized spacial score (nSPS) is 17.7. The van der Waals surface area contributed by atoms with Crippen molar-refractivity contribution in [2.75, 3.05) is 25.0 Å². The van der Waals surface area contributed by atoms with E-state index in [-0.39, 0.29) is 29.5 Å². The molecular formula is C30H37N5O2. The predicted molar refractivity (Wildman–Crippen MR) is 147 cm³/mol. The zero-order valence-electron chi connectivity index (χ0n) is 21.8. The fourth-order valence-electron chi connectivity index (χ4n) is 5.22. The van der Waals surface area contributed by atoms with Gasteiger partial charge in [-0.25, -0.2) is 4.98 Å². The van der Waals surface area contributed by atoms with Crippen molar-refractivity contribution in [3.8, 4) is 5.69 Å². The Morgan fingerprint density at radius 2 is 1.84 bits per heavy atom. The highest BCUT2D eigenvalue weighted by molar-refractivity contribution is 5.95. The number of anilines is 1. The van der Waals surface area contributed by atoms with E-state index in [0.29, 0.717) is 17.1 Å². The molecule has 1 aliphatic carbocycles. The Morgan fingerprint density at radius 1 is 1.08 bits per heavy atom. The van der Waals surface area contributed by atoms with Gasteiger partial charge in [-0.1, -0.05) is 49.7 Å². The standard InChI is InChI=1S/C30H37N5O2/c1-21-11-12-24(29(36)32-25-13-14-25)19-26(21)35-18-15-31-28(30(35)37)33-27(23-9-5-3-6-10-23)22(2)20-34-16-7-4-8-17-34/h3,5-6,9-12,15,18-19,22,25,27H,4,7-8,13-14,16-17,20H2,1-2H3,(H,31,33)(H,32,36)/t22-,27-/m1/s1. The van der Waals surface area contributed by atoms with E-state index < -0.39 is 0 Å². The van der Waals surface area contributed by atoms with Gasteiger partial charge in [0.2, 0.25) is 0 Å². The molecule has 5 rings (SSSR count). The maximum atomic E-state index is 13.7. The van der Waals surface area contributed by atoms with Crippen molar-refractivity contribution in [1.82, 2.24) is 19.8 Å². The third-order valence-corrected chi connectivity index (χ3v) is 7.50. The number of rotatable bonds is 9. The first-order valence-corrected chi connectivity index (χ1v) is 13.5. The lowest BCUT2D eigenvalue weighted by molar-refractivity contribution is 0.0951. The van der Waals surface area contributed by atoms with Crippen molar-refractivity contribution in [2.45, 2.75) is 58.0 Å². The number of hydrogen-bond donors (Lipinski definition) is 2. The Bertz CT molecular complexity index is 1280. The van der Waals surface area contributed by atoms with E-state index in [2.05, 4.69) is 39.6 Å². The number of aromatic nitrogens is 2. The van der Waals surface area contributed by atoms with Gasteiger partial charge in [-0.05, 0) is 74.9 Å². The van der Waals surface area contributed by atoms with Crippen molar-refractivity contribution in [3.63, 3.8) is 0 Å². The molecule has 1 amide bonds. The molecule has 2 fully saturated rings. The van der Waals surface area contributed by atoms with Crippen LogP contribution in [0.4, 0.5) is 5.82 Å². The molecule has 0 unspecified atom stereocenters. The summed E-state index contributed by atoms with van der Waals surface area (Å²) in [6.07, 6.45) is 9.19. The summed E-state index contributed by atoms with van der Waals surface area (Å²) >= 11 is 0. The van der Waals surface area contributed by atoms with Crippen LogP contribution in [-0.2, 0) is 0 Å². The Labute approximate surface area is 218 Å². The van der Waals surface area contributed by atoms with Crippen LogP contribution in [0.2, 0.25) is 0 Å². The van der Waals surface area contributed by atoms with Crippen LogP contribution in [0.15, 0.2) is 65.7 Å². The summed E-state index contributed by atoms with van der Waals surface area (Å²) in [5.41, 5.74) is 3.08. The first-order valence-electron chi connectivity index (χ1n) is 13.5. The molecule has 194 valence electrons. The summed E-state index contributed by atoms with van der Waals surface area (Å²) in [7, 11) is 0. The minimum atomic E-state index is -0.226. The maximum absolute atomic E-state index is 13.7. The van der Waals surface area contributed by atoms with Crippen LogP contribution in [-0.4, -0.2) is 46.0 Å². The molecule has 1 aromatic heterocycles. The molecule has 1 aliphatic heterocycles. The third-order valence-electron chi connectivity index (χ3n) is 7.50. The van der Waals surface area contributed by atoms with E-state index in [1.165, 1.54) is 19.3 Å². The van der Waals surface area contributed by atoms with Gasteiger partial charge in [-0.2, -0.15) is 0 Å². The number of hydrogen-bond acceptors (Lipinski definition) is 5. The van der Waals surface area contributed by atoms with Crippen molar-refractivity contribution >= 4 is 11.7 Å². The van der Waals surface area contributed by atoms with E-state index in [4.69, 9.17) is 0 Å². The molecule has 37 heavy (non-hydrogen) atoms. The van der Waals surface area contributed by atoms with Crippen molar-refractivity contribution in [1.29, 1.82) is 0 Å². The first kappa shape index (κ1) is 25.2. The molecule has 0 radical (unpaired) electrons. The molecule has 7 heteroatoms. The number of aryl methyl sites for hydroxylation is 1. The minimum absolute atomic E-state index is 0.0593. The molecule has 2 atom stereocenters. The smallest absolute Gasteiger partial charge is 0.297 e. The van der Waals surface area contributed by atoms with E-state index in [9.17, 15) is 9.59 Å². The highest BCUT2D eigenvalue weighted by Gasteiger charge is 2.26. The number of benzene rings is 2. The third kappa shape index (κ3) is 6.10. The minimum Gasteiger partial charge on any atom is -0.358 e. The van der Waals surface area contributed by atoms with Crippen LogP contribution in [0.25, 0.3) is 5.69 Å². The Kier molecular flexibility index (Phi) is 7.70. The molecule has 2 aromatic carbocycles. The highest BCUT2D eigenvalue weighted by atomic mass is 16.2. The van der Waals surface area contributed by atoms with Crippen LogP contribution >= 0.6 is 0 Å².